The fourth-order valence-corrected chi connectivity index (χ4v) is 2.42. The highest BCUT2D eigenvalue weighted by molar-refractivity contribution is 5.75. The largest absolute Gasteiger partial charge is 0.481 e. The van der Waals surface area contributed by atoms with Gasteiger partial charge in [-0.05, 0) is 31.9 Å². The first-order valence-electron chi connectivity index (χ1n) is 6.34. The Hall–Kier alpha value is -1.56. The van der Waals surface area contributed by atoms with Gasteiger partial charge < -0.3 is 10.4 Å². The number of nitrogens with one attached hydrogen (secondary N) is 1. The minimum Gasteiger partial charge on any atom is -0.481 e. The average Bonchev–Trinajstić information content (AvgIpc) is 2.33. The summed E-state index contributed by atoms with van der Waals surface area (Å²) in [6.45, 7) is 1.02. The zero-order valence-corrected chi connectivity index (χ0v) is 11.0. The highest BCUT2D eigenvalue weighted by Crippen LogP contribution is 2.41. The predicted molar refractivity (Wildman–Crippen MR) is 67.1 cm³/mol. The third-order valence-electron chi connectivity index (χ3n) is 3.79. The van der Waals surface area contributed by atoms with E-state index < -0.39 is 29.7 Å². The van der Waals surface area contributed by atoms with Crippen LogP contribution in [0.1, 0.15) is 25.3 Å². The number of halogens is 3. The number of benzene rings is 1. The molecule has 1 fully saturated rings. The lowest BCUT2D eigenvalue weighted by Crippen LogP contribution is -2.53. The Labute approximate surface area is 114 Å². The maximum absolute atomic E-state index is 13.9. The van der Waals surface area contributed by atoms with Gasteiger partial charge in [0.05, 0.1) is 12.0 Å². The Morgan fingerprint density at radius 3 is 2.45 bits per heavy atom. The number of carboxylic acids is 1. The van der Waals surface area contributed by atoms with E-state index in [0.29, 0.717) is 12.8 Å². The molecular formula is C14H16F3NO2. The summed E-state index contributed by atoms with van der Waals surface area (Å²) in [6, 6.07) is 3.88. The van der Waals surface area contributed by atoms with Crippen molar-refractivity contribution in [2.24, 2.45) is 5.41 Å². The molecule has 6 heteroatoms. The second-order valence-corrected chi connectivity index (χ2v) is 5.56. The first kappa shape index (κ1) is 14.8. The molecule has 0 heterocycles. The van der Waals surface area contributed by atoms with Crippen LogP contribution in [0.25, 0.3) is 0 Å². The topological polar surface area (TPSA) is 49.3 Å². The maximum atomic E-state index is 13.9. The standard InChI is InChI=1S/C14H16F3NO2/c1-13(12(19)20)6-11(7-13)18-8-14(16,17)9-2-4-10(15)5-3-9/h2-5,11,18H,6-8H2,1H3,(H,19,20). The molecule has 2 N–H and O–H groups in total. The molecule has 0 aliphatic heterocycles. The monoisotopic (exact) mass is 287 g/mol. The summed E-state index contributed by atoms with van der Waals surface area (Å²) in [5, 5.41) is 11.6. The molecule has 1 aromatic carbocycles. The van der Waals surface area contributed by atoms with Crippen LogP contribution in [0.4, 0.5) is 13.2 Å². The fourth-order valence-electron chi connectivity index (χ4n) is 2.42. The van der Waals surface area contributed by atoms with Crippen LogP contribution >= 0.6 is 0 Å². The molecule has 0 radical (unpaired) electrons. The van der Waals surface area contributed by atoms with E-state index in [-0.39, 0.29) is 11.6 Å². The molecule has 1 saturated carbocycles. The van der Waals surface area contributed by atoms with E-state index >= 15 is 0 Å². The first-order valence-corrected chi connectivity index (χ1v) is 6.34. The zero-order chi connectivity index (χ0) is 15.0. The van der Waals surface area contributed by atoms with Gasteiger partial charge in [-0.25, -0.2) is 4.39 Å². The number of carbonyl (C=O) groups is 1. The molecular weight excluding hydrogens is 271 g/mol. The SMILES string of the molecule is CC1(C(=O)O)CC(NCC(F)(F)c2ccc(F)cc2)C1. The van der Waals surface area contributed by atoms with Crippen LogP contribution in [0.2, 0.25) is 0 Å². The van der Waals surface area contributed by atoms with Crippen molar-refractivity contribution in [1.29, 1.82) is 0 Å². The molecule has 0 aromatic heterocycles. The fraction of sp³-hybridized carbons (Fsp3) is 0.500. The first-order chi connectivity index (χ1) is 9.23. The van der Waals surface area contributed by atoms with Crippen molar-refractivity contribution in [3.63, 3.8) is 0 Å². The van der Waals surface area contributed by atoms with Crippen molar-refractivity contribution in [3.05, 3.63) is 35.6 Å². The molecule has 1 aromatic rings. The lowest BCUT2D eigenvalue weighted by Gasteiger charge is -2.42. The number of hydrogen-bond acceptors (Lipinski definition) is 2. The van der Waals surface area contributed by atoms with Gasteiger partial charge in [-0.3, -0.25) is 4.79 Å². The summed E-state index contributed by atoms with van der Waals surface area (Å²) in [6.07, 6.45) is 0.670. The second kappa shape index (κ2) is 5.09. The van der Waals surface area contributed by atoms with Crippen LogP contribution in [-0.4, -0.2) is 23.7 Å². The number of carboxylic acid groups (broad SMARTS) is 1. The maximum Gasteiger partial charge on any atom is 0.309 e. The Balaban J connectivity index is 1.88. The van der Waals surface area contributed by atoms with Gasteiger partial charge in [0.15, 0.2) is 0 Å². The summed E-state index contributed by atoms with van der Waals surface area (Å²) in [5.41, 5.74) is -1.07. The van der Waals surface area contributed by atoms with Gasteiger partial charge >= 0.3 is 5.97 Å². The minimum absolute atomic E-state index is 0.220. The predicted octanol–water partition coefficient (Wildman–Crippen LogP) is 2.76. The van der Waals surface area contributed by atoms with Crippen LogP contribution in [0.3, 0.4) is 0 Å². The summed E-state index contributed by atoms with van der Waals surface area (Å²) < 4.78 is 40.4. The minimum atomic E-state index is -3.11. The molecule has 0 spiro atoms. The van der Waals surface area contributed by atoms with Crippen LogP contribution in [0, 0.1) is 11.2 Å². The lowest BCUT2D eigenvalue weighted by atomic mass is 9.67. The van der Waals surface area contributed by atoms with Crippen molar-refractivity contribution in [3.8, 4) is 0 Å². The molecule has 1 aliphatic carbocycles. The number of alkyl halides is 2. The van der Waals surface area contributed by atoms with Gasteiger partial charge in [0, 0.05) is 11.6 Å². The van der Waals surface area contributed by atoms with Gasteiger partial charge in [0.2, 0.25) is 0 Å². The van der Waals surface area contributed by atoms with Gasteiger partial charge in [-0.1, -0.05) is 12.1 Å². The Morgan fingerprint density at radius 2 is 1.95 bits per heavy atom. The van der Waals surface area contributed by atoms with E-state index in [4.69, 9.17) is 5.11 Å². The third kappa shape index (κ3) is 2.95. The summed E-state index contributed by atoms with van der Waals surface area (Å²) in [4.78, 5) is 10.9. The molecule has 0 saturated heterocycles. The van der Waals surface area contributed by atoms with E-state index in [9.17, 15) is 18.0 Å². The van der Waals surface area contributed by atoms with Crippen LogP contribution in [0.5, 0.6) is 0 Å². The third-order valence-corrected chi connectivity index (χ3v) is 3.79. The van der Waals surface area contributed by atoms with Crippen LogP contribution in [-0.2, 0) is 10.7 Å². The van der Waals surface area contributed by atoms with Gasteiger partial charge in [0.25, 0.3) is 5.92 Å². The van der Waals surface area contributed by atoms with Gasteiger partial charge in [0.1, 0.15) is 5.82 Å². The van der Waals surface area contributed by atoms with Crippen molar-refractivity contribution in [1.82, 2.24) is 5.32 Å². The van der Waals surface area contributed by atoms with E-state index in [1.807, 2.05) is 0 Å². The Bertz CT molecular complexity index is 496. The normalized spacial score (nSPS) is 26.1. The van der Waals surface area contributed by atoms with Crippen molar-refractivity contribution in [2.75, 3.05) is 6.54 Å². The zero-order valence-electron chi connectivity index (χ0n) is 11.0. The quantitative estimate of drug-likeness (QED) is 0.875. The van der Waals surface area contributed by atoms with Crippen molar-refractivity contribution >= 4 is 5.97 Å². The Kier molecular flexibility index (Phi) is 3.77. The molecule has 0 bridgehead atoms. The van der Waals surface area contributed by atoms with E-state index in [2.05, 4.69) is 5.32 Å². The number of aliphatic carboxylic acids is 1. The molecule has 2 rings (SSSR count). The lowest BCUT2D eigenvalue weighted by molar-refractivity contribution is -0.154. The number of hydrogen-bond donors (Lipinski definition) is 2. The summed E-state index contributed by atoms with van der Waals surface area (Å²) in [5.74, 6) is -4.57. The molecule has 0 unspecified atom stereocenters. The molecule has 110 valence electrons. The summed E-state index contributed by atoms with van der Waals surface area (Å²) in [7, 11) is 0. The summed E-state index contributed by atoms with van der Waals surface area (Å²) >= 11 is 0. The van der Waals surface area contributed by atoms with Crippen molar-refractivity contribution < 1.29 is 23.1 Å². The molecule has 1 aliphatic rings. The number of rotatable bonds is 5. The van der Waals surface area contributed by atoms with Crippen LogP contribution < -0.4 is 5.32 Å². The molecule has 0 amide bonds. The molecule has 3 nitrogen and oxygen atoms in total. The van der Waals surface area contributed by atoms with E-state index in [0.717, 1.165) is 24.3 Å². The van der Waals surface area contributed by atoms with Gasteiger partial charge in [-0.2, -0.15) is 8.78 Å². The molecule has 20 heavy (non-hydrogen) atoms. The highest BCUT2D eigenvalue weighted by Gasteiger charge is 2.47. The average molecular weight is 287 g/mol. The van der Waals surface area contributed by atoms with Crippen LogP contribution in [0.15, 0.2) is 24.3 Å². The Morgan fingerprint density at radius 1 is 1.40 bits per heavy atom. The highest BCUT2D eigenvalue weighted by atomic mass is 19.3. The molecule has 0 atom stereocenters. The van der Waals surface area contributed by atoms with Crippen molar-refractivity contribution in [2.45, 2.75) is 31.7 Å². The van der Waals surface area contributed by atoms with E-state index in [1.165, 1.54) is 0 Å². The van der Waals surface area contributed by atoms with Gasteiger partial charge in [-0.15, -0.1) is 0 Å². The second-order valence-electron chi connectivity index (χ2n) is 5.56. The van der Waals surface area contributed by atoms with E-state index in [1.54, 1.807) is 6.92 Å². The smallest absolute Gasteiger partial charge is 0.309 e.